The Kier molecular flexibility index (Phi) is 5.77. The number of rotatable bonds is 6. The topological polar surface area (TPSA) is 63.2 Å². The lowest BCUT2D eigenvalue weighted by molar-refractivity contribution is 0.240. The van der Waals surface area contributed by atoms with Gasteiger partial charge in [-0.1, -0.05) is 36.4 Å². The fraction of sp³-hybridized carbons (Fsp3) is 0.100. The normalized spacial score (nSPS) is 10.2. The highest BCUT2D eigenvalue weighted by molar-refractivity contribution is 5.73. The third-order valence-corrected chi connectivity index (χ3v) is 3.58. The van der Waals surface area contributed by atoms with Crippen LogP contribution in [0.3, 0.4) is 0 Å². The van der Waals surface area contributed by atoms with Gasteiger partial charge in [0.2, 0.25) is 5.88 Å². The summed E-state index contributed by atoms with van der Waals surface area (Å²) in [5.41, 5.74) is 1.87. The number of urea groups is 1. The third kappa shape index (κ3) is 5.31. The number of ether oxygens (including phenoxy) is 1. The number of benzene rings is 2. The van der Waals surface area contributed by atoms with Crippen molar-refractivity contribution in [3.63, 3.8) is 0 Å². The van der Waals surface area contributed by atoms with E-state index in [1.807, 2.05) is 36.4 Å². The van der Waals surface area contributed by atoms with Crippen molar-refractivity contribution in [1.29, 1.82) is 0 Å². The summed E-state index contributed by atoms with van der Waals surface area (Å²) >= 11 is 0. The van der Waals surface area contributed by atoms with Crippen molar-refractivity contribution in [2.24, 2.45) is 0 Å². The molecule has 0 unspecified atom stereocenters. The fourth-order valence-corrected chi connectivity index (χ4v) is 2.22. The van der Waals surface area contributed by atoms with Crippen molar-refractivity contribution < 1.29 is 13.9 Å². The Morgan fingerprint density at radius 2 is 1.58 bits per heavy atom. The van der Waals surface area contributed by atoms with Crippen LogP contribution >= 0.6 is 0 Å². The molecule has 3 aromatic rings. The predicted molar refractivity (Wildman–Crippen MR) is 96.2 cm³/mol. The number of hydrogen-bond donors (Lipinski definition) is 2. The van der Waals surface area contributed by atoms with E-state index in [9.17, 15) is 9.18 Å². The molecule has 132 valence electrons. The van der Waals surface area contributed by atoms with Crippen molar-refractivity contribution in [3.05, 3.63) is 89.9 Å². The van der Waals surface area contributed by atoms with Crippen molar-refractivity contribution in [2.45, 2.75) is 13.1 Å². The van der Waals surface area contributed by atoms with Gasteiger partial charge in [0, 0.05) is 25.4 Å². The second-order valence-corrected chi connectivity index (χ2v) is 5.58. The standard InChI is InChI=1S/C20H18FN3O2/c21-17-7-9-18(10-8-17)26-19-11-6-16(13-22-19)14-24-20(25)23-12-15-4-2-1-3-5-15/h1-11,13H,12,14H2,(H2,23,24,25). The first-order valence-electron chi connectivity index (χ1n) is 8.13. The lowest BCUT2D eigenvalue weighted by Crippen LogP contribution is -2.34. The zero-order valence-corrected chi connectivity index (χ0v) is 14.0. The molecule has 1 heterocycles. The maximum absolute atomic E-state index is 12.9. The van der Waals surface area contributed by atoms with Crippen molar-refractivity contribution >= 4 is 6.03 Å². The van der Waals surface area contributed by atoms with Crippen LogP contribution in [-0.2, 0) is 13.1 Å². The molecular weight excluding hydrogens is 333 g/mol. The molecule has 0 saturated carbocycles. The van der Waals surface area contributed by atoms with Crippen LogP contribution < -0.4 is 15.4 Å². The minimum absolute atomic E-state index is 0.250. The van der Waals surface area contributed by atoms with Gasteiger partial charge in [0.05, 0.1) is 0 Å². The Bertz CT molecular complexity index is 837. The van der Waals surface area contributed by atoms with E-state index in [0.29, 0.717) is 24.7 Å². The summed E-state index contributed by atoms with van der Waals surface area (Å²) in [7, 11) is 0. The molecule has 0 aliphatic carbocycles. The second kappa shape index (κ2) is 8.62. The monoisotopic (exact) mass is 351 g/mol. The number of pyridine rings is 1. The van der Waals surface area contributed by atoms with Crippen LogP contribution in [0.1, 0.15) is 11.1 Å². The molecule has 0 spiro atoms. The molecule has 0 aliphatic rings. The number of carbonyl (C=O) groups excluding carboxylic acids is 1. The van der Waals surface area contributed by atoms with Crippen LogP contribution in [0.25, 0.3) is 0 Å². The summed E-state index contributed by atoms with van der Waals surface area (Å²) in [5.74, 6) is 0.580. The minimum Gasteiger partial charge on any atom is -0.439 e. The first-order valence-corrected chi connectivity index (χ1v) is 8.13. The molecule has 3 rings (SSSR count). The van der Waals surface area contributed by atoms with Crippen molar-refractivity contribution in [2.75, 3.05) is 0 Å². The SMILES string of the molecule is O=C(NCc1ccccc1)NCc1ccc(Oc2ccc(F)cc2)nc1. The van der Waals surface area contributed by atoms with Gasteiger partial charge in [0.1, 0.15) is 11.6 Å². The van der Waals surface area contributed by atoms with E-state index >= 15 is 0 Å². The van der Waals surface area contributed by atoms with Gasteiger partial charge in [-0.3, -0.25) is 0 Å². The fourth-order valence-electron chi connectivity index (χ4n) is 2.22. The molecule has 2 aromatic carbocycles. The molecule has 0 bridgehead atoms. The number of nitrogens with one attached hydrogen (secondary N) is 2. The quantitative estimate of drug-likeness (QED) is 0.705. The Morgan fingerprint density at radius 1 is 0.885 bits per heavy atom. The van der Waals surface area contributed by atoms with Crippen LogP contribution in [0.4, 0.5) is 9.18 Å². The zero-order chi connectivity index (χ0) is 18.2. The Labute approximate surface area is 150 Å². The number of aromatic nitrogens is 1. The van der Waals surface area contributed by atoms with E-state index in [0.717, 1.165) is 11.1 Å². The van der Waals surface area contributed by atoms with Crippen LogP contribution in [0.15, 0.2) is 72.9 Å². The van der Waals surface area contributed by atoms with E-state index in [-0.39, 0.29) is 11.8 Å². The van der Waals surface area contributed by atoms with Crippen LogP contribution in [0, 0.1) is 5.82 Å². The molecule has 6 heteroatoms. The molecule has 0 radical (unpaired) electrons. The smallest absolute Gasteiger partial charge is 0.315 e. The third-order valence-electron chi connectivity index (χ3n) is 3.58. The first kappa shape index (κ1) is 17.4. The molecule has 2 N–H and O–H groups in total. The summed E-state index contributed by atoms with van der Waals surface area (Å²) in [6.45, 7) is 0.819. The average Bonchev–Trinajstić information content (AvgIpc) is 2.68. The molecule has 1 aromatic heterocycles. The van der Waals surface area contributed by atoms with Gasteiger partial charge < -0.3 is 15.4 Å². The molecule has 0 atom stereocenters. The van der Waals surface area contributed by atoms with Gasteiger partial charge in [-0.25, -0.2) is 14.2 Å². The highest BCUT2D eigenvalue weighted by Crippen LogP contribution is 2.19. The molecule has 0 saturated heterocycles. The van der Waals surface area contributed by atoms with Gasteiger partial charge in [0.25, 0.3) is 0 Å². The lowest BCUT2D eigenvalue weighted by Gasteiger charge is -2.08. The number of hydrogen-bond acceptors (Lipinski definition) is 3. The van der Waals surface area contributed by atoms with Crippen LogP contribution in [-0.4, -0.2) is 11.0 Å². The summed E-state index contributed by atoms with van der Waals surface area (Å²) in [6, 6.07) is 18.6. The van der Waals surface area contributed by atoms with Gasteiger partial charge in [-0.2, -0.15) is 0 Å². The van der Waals surface area contributed by atoms with Gasteiger partial charge >= 0.3 is 6.03 Å². The zero-order valence-electron chi connectivity index (χ0n) is 14.0. The van der Waals surface area contributed by atoms with Gasteiger partial charge in [-0.05, 0) is 35.4 Å². The van der Waals surface area contributed by atoms with Gasteiger partial charge in [-0.15, -0.1) is 0 Å². The second-order valence-electron chi connectivity index (χ2n) is 5.58. The Hall–Kier alpha value is -3.41. The summed E-state index contributed by atoms with van der Waals surface area (Å²) < 4.78 is 18.4. The highest BCUT2D eigenvalue weighted by atomic mass is 19.1. The molecule has 0 fully saturated rings. The molecular formula is C20H18FN3O2. The molecule has 5 nitrogen and oxygen atoms in total. The first-order chi connectivity index (χ1) is 12.7. The minimum atomic E-state index is -0.322. The summed E-state index contributed by atoms with van der Waals surface area (Å²) in [4.78, 5) is 16.0. The highest BCUT2D eigenvalue weighted by Gasteiger charge is 2.03. The maximum Gasteiger partial charge on any atom is 0.315 e. The van der Waals surface area contributed by atoms with Crippen LogP contribution in [0.2, 0.25) is 0 Å². The van der Waals surface area contributed by atoms with Crippen LogP contribution in [0.5, 0.6) is 11.6 Å². The van der Waals surface area contributed by atoms with E-state index in [2.05, 4.69) is 15.6 Å². The lowest BCUT2D eigenvalue weighted by atomic mass is 10.2. The summed E-state index contributed by atoms with van der Waals surface area (Å²) in [6.07, 6.45) is 1.62. The molecule has 26 heavy (non-hydrogen) atoms. The number of nitrogens with zero attached hydrogens (tertiary/aromatic N) is 1. The molecule has 2 amide bonds. The molecule has 0 aliphatic heterocycles. The Balaban J connectivity index is 1.45. The number of carbonyl (C=O) groups is 1. The van der Waals surface area contributed by atoms with E-state index in [1.165, 1.54) is 24.3 Å². The largest absolute Gasteiger partial charge is 0.439 e. The predicted octanol–water partition coefficient (Wildman–Crippen LogP) is 4.01. The average molecular weight is 351 g/mol. The van der Waals surface area contributed by atoms with Crippen molar-refractivity contribution in [3.8, 4) is 11.6 Å². The van der Waals surface area contributed by atoms with Crippen molar-refractivity contribution in [1.82, 2.24) is 15.6 Å². The number of halogens is 1. The van der Waals surface area contributed by atoms with E-state index in [4.69, 9.17) is 4.74 Å². The van der Waals surface area contributed by atoms with E-state index in [1.54, 1.807) is 12.3 Å². The van der Waals surface area contributed by atoms with E-state index < -0.39 is 0 Å². The van der Waals surface area contributed by atoms with Gasteiger partial charge in [0.15, 0.2) is 0 Å². The number of amides is 2. The Morgan fingerprint density at radius 3 is 2.23 bits per heavy atom. The maximum atomic E-state index is 12.9. The summed E-state index contributed by atoms with van der Waals surface area (Å²) in [5, 5.41) is 5.56.